The fraction of sp³-hybridized carbons (Fsp3) is 0.382. The predicted octanol–water partition coefficient (Wildman–Crippen LogP) is 5.18. The molecular weight excluding hydrogens is 530 g/mol. The summed E-state index contributed by atoms with van der Waals surface area (Å²) in [6.45, 7) is 5.93. The third-order valence-corrected chi connectivity index (χ3v) is 8.44. The minimum Gasteiger partial charge on any atom is -0.481 e. The van der Waals surface area contributed by atoms with Crippen LogP contribution in [-0.4, -0.2) is 59.8 Å². The van der Waals surface area contributed by atoms with Crippen LogP contribution in [0.2, 0.25) is 0 Å². The SMILES string of the molecule is CC(C)(CNC(=O)C1(NC(=O)OCC2c3ccccc3-c3ccccc32)CCN(Cc2ccccc2)CC1)CC(=O)O. The molecule has 1 aliphatic carbocycles. The molecular formula is C34H39N3O5. The Morgan fingerprint density at radius 1 is 0.905 bits per heavy atom. The van der Waals surface area contributed by atoms with Crippen molar-refractivity contribution in [1.29, 1.82) is 0 Å². The lowest BCUT2D eigenvalue weighted by atomic mass is 9.84. The second-order valence-electron chi connectivity index (χ2n) is 12.2. The number of amides is 2. The number of carbonyl (C=O) groups is 3. The average molecular weight is 570 g/mol. The van der Waals surface area contributed by atoms with Crippen molar-refractivity contribution in [2.75, 3.05) is 26.2 Å². The maximum Gasteiger partial charge on any atom is 0.408 e. The molecule has 8 nitrogen and oxygen atoms in total. The molecule has 3 aromatic carbocycles. The van der Waals surface area contributed by atoms with Gasteiger partial charge in [-0.15, -0.1) is 0 Å². The molecule has 1 aliphatic heterocycles. The minimum absolute atomic E-state index is 0.0784. The number of carboxylic acid groups (broad SMARTS) is 1. The van der Waals surface area contributed by atoms with Gasteiger partial charge in [0.05, 0.1) is 6.42 Å². The second kappa shape index (κ2) is 12.4. The number of carboxylic acids is 1. The maximum atomic E-state index is 13.7. The molecule has 0 saturated carbocycles. The standard InChI is InChI=1S/C34H39N3O5/c1-33(2,20-30(38)39)23-35-31(40)34(16-18-37(19-17-34)21-24-10-4-3-5-11-24)36-32(41)42-22-29-27-14-8-6-12-25(27)26-13-7-9-15-28(26)29/h3-15,29H,16-23H2,1-2H3,(H,35,40)(H,36,41)(H,38,39). The van der Waals surface area contributed by atoms with E-state index in [0.717, 1.165) is 28.8 Å². The zero-order valence-electron chi connectivity index (χ0n) is 24.3. The van der Waals surface area contributed by atoms with E-state index in [9.17, 15) is 19.5 Å². The number of likely N-dealkylation sites (tertiary alicyclic amines) is 1. The van der Waals surface area contributed by atoms with E-state index in [4.69, 9.17) is 4.74 Å². The Hall–Kier alpha value is -4.17. The van der Waals surface area contributed by atoms with Crippen molar-refractivity contribution in [3.63, 3.8) is 0 Å². The van der Waals surface area contributed by atoms with E-state index in [2.05, 4.69) is 51.9 Å². The van der Waals surface area contributed by atoms with Gasteiger partial charge in [0.1, 0.15) is 12.1 Å². The van der Waals surface area contributed by atoms with Gasteiger partial charge in [0.15, 0.2) is 0 Å². The molecule has 1 heterocycles. The molecule has 0 spiro atoms. The Labute approximate surface area is 247 Å². The first-order chi connectivity index (χ1) is 20.2. The number of aliphatic carboxylic acids is 1. The van der Waals surface area contributed by atoms with Crippen molar-refractivity contribution in [1.82, 2.24) is 15.5 Å². The summed E-state index contributed by atoms with van der Waals surface area (Å²) in [7, 11) is 0. The Balaban J connectivity index is 1.27. The third-order valence-electron chi connectivity index (χ3n) is 8.44. The summed E-state index contributed by atoms with van der Waals surface area (Å²) in [4.78, 5) is 40.6. The van der Waals surface area contributed by atoms with Crippen LogP contribution in [0.3, 0.4) is 0 Å². The van der Waals surface area contributed by atoms with Crippen LogP contribution in [0.5, 0.6) is 0 Å². The van der Waals surface area contributed by atoms with E-state index < -0.39 is 23.0 Å². The number of rotatable bonds is 10. The van der Waals surface area contributed by atoms with Gasteiger partial charge in [0, 0.05) is 32.1 Å². The number of hydrogen-bond acceptors (Lipinski definition) is 5. The zero-order valence-corrected chi connectivity index (χ0v) is 24.3. The highest BCUT2D eigenvalue weighted by molar-refractivity contribution is 5.90. The highest BCUT2D eigenvalue weighted by Crippen LogP contribution is 2.44. The molecule has 220 valence electrons. The van der Waals surface area contributed by atoms with E-state index in [1.54, 1.807) is 13.8 Å². The number of piperidine rings is 1. The van der Waals surface area contributed by atoms with Gasteiger partial charge in [0.2, 0.25) is 5.91 Å². The van der Waals surface area contributed by atoms with E-state index >= 15 is 0 Å². The zero-order chi connectivity index (χ0) is 29.7. The average Bonchev–Trinajstić information content (AvgIpc) is 3.29. The van der Waals surface area contributed by atoms with Crippen LogP contribution >= 0.6 is 0 Å². The number of ether oxygens (including phenoxy) is 1. The van der Waals surface area contributed by atoms with Crippen molar-refractivity contribution >= 4 is 18.0 Å². The van der Waals surface area contributed by atoms with E-state index in [1.807, 2.05) is 42.5 Å². The highest BCUT2D eigenvalue weighted by atomic mass is 16.5. The van der Waals surface area contributed by atoms with Crippen LogP contribution < -0.4 is 10.6 Å². The first-order valence-corrected chi connectivity index (χ1v) is 14.6. The normalized spacial score (nSPS) is 16.2. The van der Waals surface area contributed by atoms with Crippen LogP contribution in [-0.2, 0) is 20.9 Å². The molecule has 1 saturated heterocycles. The predicted molar refractivity (Wildman–Crippen MR) is 161 cm³/mol. The molecule has 0 radical (unpaired) electrons. The number of carbonyl (C=O) groups excluding carboxylic acids is 2. The summed E-state index contributed by atoms with van der Waals surface area (Å²) in [5.41, 5.74) is 3.92. The molecule has 0 aromatic heterocycles. The molecule has 0 bridgehead atoms. The fourth-order valence-corrected chi connectivity index (χ4v) is 6.13. The van der Waals surface area contributed by atoms with E-state index in [1.165, 1.54) is 5.56 Å². The molecule has 3 N–H and O–H groups in total. The van der Waals surface area contributed by atoms with Gasteiger partial charge in [-0.05, 0) is 46.1 Å². The molecule has 1 fully saturated rings. The Bertz CT molecular complexity index is 1380. The summed E-state index contributed by atoms with van der Waals surface area (Å²) in [6.07, 6.45) is 0.114. The van der Waals surface area contributed by atoms with Crippen LogP contribution in [0, 0.1) is 5.41 Å². The van der Waals surface area contributed by atoms with E-state index in [-0.39, 0.29) is 31.4 Å². The summed E-state index contributed by atoms with van der Waals surface area (Å²) in [6, 6.07) is 26.5. The van der Waals surface area contributed by atoms with Gasteiger partial charge in [-0.3, -0.25) is 14.5 Å². The fourth-order valence-electron chi connectivity index (χ4n) is 6.13. The van der Waals surface area contributed by atoms with Gasteiger partial charge in [-0.2, -0.15) is 0 Å². The van der Waals surface area contributed by atoms with Crippen molar-refractivity contribution in [2.45, 2.75) is 51.1 Å². The van der Waals surface area contributed by atoms with Crippen LogP contribution in [0.25, 0.3) is 11.1 Å². The molecule has 2 aliphatic rings. The number of benzene rings is 3. The summed E-state index contributed by atoms with van der Waals surface area (Å²) >= 11 is 0. The quantitative estimate of drug-likeness (QED) is 0.311. The topological polar surface area (TPSA) is 108 Å². The molecule has 0 unspecified atom stereocenters. The van der Waals surface area contributed by atoms with Gasteiger partial charge in [-0.25, -0.2) is 4.79 Å². The molecule has 0 atom stereocenters. The number of fused-ring (bicyclic) bond motifs is 3. The molecule has 5 rings (SSSR count). The van der Waals surface area contributed by atoms with Gasteiger partial charge < -0.3 is 20.5 Å². The number of alkyl carbamates (subject to hydrolysis) is 1. The molecule has 2 amide bonds. The van der Waals surface area contributed by atoms with Crippen LogP contribution in [0.1, 0.15) is 55.7 Å². The Kier molecular flexibility index (Phi) is 8.64. The molecule has 42 heavy (non-hydrogen) atoms. The summed E-state index contributed by atoms with van der Waals surface area (Å²) in [5.74, 6) is -1.32. The largest absolute Gasteiger partial charge is 0.481 e. The maximum absolute atomic E-state index is 13.7. The van der Waals surface area contributed by atoms with Crippen LogP contribution in [0.4, 0.5) is 4.79 Å². The Morgan fingerprint density at radius 2 is 1.48 bits per heavy atom. The first-order valence-electron chi connectivity index (χ1n) is 14.6. The van der Waals surface area contributed by atoms with Crippen molar-refractivity contribution in [3.05, 3.63) is 95.6 Å². The molecule has 3 aromatic rings. The smallest absolute Gasteiger partial charge is 0.408 e. The lowest BCUT2D eigenvalue weighted by Gasteiger charge is -2.41. The first kappa shape index (κ1) is 29.3. The minimum atomic E-state index is -1.16. The number of nitrogens with one attached hydrogen (secondary N) is 2. The highest BCUT2D eigenvalue weighted by Gasteiger charge is 2.44. The van der Waals surface area contributed by atoms with Gasteiger partial charge in [-0.1, -0.05) is 92.7 Å². The lowest BCUT2D eigenvalue weighted by Crippen LogP contribution is -2.63. The summed E-state index contributed by atoms with van der Waals surface area (Å²) < 4.78 is 5.82. The van der Waals surface area contributed by atoms with Crippen molar-refractivity contribution < 1.29 is 24.2 Å². The van der Waals surface area contributed by atoms with Crippen molar-refractivity contribution in [2.24, 2.45) is 5.41 Å². The monoisotopic (exact) mass is 569 g/mol. The Morgan fingerprint density at radius 3 is 2.07 bits per heavy atom. The number of hydrogen-bond donors (Lipinski definition) is 3. The van der Waals surface area contributed by atoms with E-state index in [0.29, 0.717) is 25.9 Å². The third kappa shape index (κ3) is 6.65. The second-order valence-corrected chi connectivity index (χ2v) is 12.2. The van der Waals surface area contributed by atoms with Gasteiger partial charge in [0.25, 0.3) is 0 Å². The molecule has 8 heteroatoms. The number of nitrogens with zero attached hydrogens (tertiary/aromatic N) is 1. The van der Waals surface area contributed by atoms with Gasteiger partial charge >= 0.3 is 12.1 Å². The summed E-state index contributed by atoms with van der Waals surface area (Å²) in [5, 5.41) is 15.2. The lowest BCUT2D eigenvalue weighted by molar-refractivity contribution is -0.140. The van der Waals surface area contributed by atoms with Crippen molar-refractivity contribution in [3.8, 4) is 11.1 Å². The van der Waals surface area contributed by atoms with Crippen LogP contribution in [0.15, 0.2) is 78.9 Å².